The van der Waals surface area contributed by atoms with Gasteiger partial charge in [-0.1, -0.05) is 24.2 Å². The Kier molecular flexibility index (Phi) is 6.64. The Morgan fingerprint density at radius 1 is 1.44 bits per heavy atom. The molecule has 5 heteroatoms. The van der Waals surface area contributed by atoms with Crippen LogP contribution in [0.2, 0.25) is 0 Å². The summed E-state index contributed by atoms with van der Waals surface area (Å²) in [4.78, 5) is 5.09. The van der Waals surface area contributed by atoms with E-state index in [4.69, 9.17) is 20.4 Å². The SMILES string of the molecule is CCCOc1cccc(CO/N=C(\N)CCO)c1. The second-order valence-electron chi connectivity index (χ2n) is 3.83. The largest absolute Gasteiger partial charge is 0.494 e. The third kappa shape index (κ3) is 5.54. The molecule has 0 saturated heterocycles. The Labute approximate surface area is 107 Å². The molecule has 0 aliphatic rings. The molecule has 1 aromatic rings. The molecule has 100 valence electrons. The summed E-state index contributed by atoms with van der Waals surface area (Å²) in [7, 11) is 0. The van der Waals surface area contributed by atoms with Gasteiger partial charge in [-0.05, 0) is 24.1 Å². The Bertz CT molecular complexity index is 380. The Hall–Kier alpha value is -1.75. The lowest BCUT2D eigenvalue weighted by Crippen LogP contribution is -2.13. The number of rotatable bonds is 8. The monoisotopic (exact) mass is 252 g/mol. The molecule has 0 atom stereocenters. The van der Waals surface area contributed by atoms with Crippen molar-refractivity contribution in [3.63, 3.8) is 0 Å². The van der Waals surface area contributed by atoms with Gasteiger partial charge < -0.3 is 20.4 Å². The van der Waals surface area contributed by atoms with E-state index < -0.39 is 0 Å². The maximum absolute atomic E-state index is 8.64. The highest BCUT2D eigenvalue weighted by molar-refractivity contribution is 5.79. The zero-order valence-corrected chi connectivity index (χ0v) is 10.6. The van der Waals surface area contributed by atoms with Crippen molar-refractivity contribution >= 4 is 5.84 Å². The van der Waals surface area contributed by atoms with Crippen LogP contribution in [0.15, 0.2) is 29.4 Å². The topological polar surface area (TPSA) is 77.1 Å². The molecule has 0 saturated carbocycles. The molecule has 18 heavy (non-hydrogen) atoms. The van der Waals surface area contributed by atoms with E-state index in [-0.39, 0.29) is 12.4 Å². The third-order valence-electron chi connectivity index (χ3n) is 2.15. The Balaban J connectivity index is 2.44. The summed E-state index contributed by atoms with van der Waals surface area (Å²) in [5, 5.41) is 12.3. The molecule has 5 nitrogen and oxygen atoms in total. The fourth-order valence-corrected chi connectivity index (χ4v) is 1.29. The molecule has 1 aromatic carbocycles. The molecule has 0 amide bonds. The molecular weight excluding hydrogens is 232 g/mol. The van der Waals surface area contributed by atoms with Crippen molar-refractivity contribution in [2.24, 2.45) is 10.9 Å². The highest BCUT2D eigenvalue weighted by atomic mass is 16.6. The van der Waals surface area contributed by atoms with Gasteiger partial charge in [0.2, 0.25) is 0 Å². The van der Waals surface area contributed by atoms with Crippen LogP contribution >= 0.6 is 0 Å². The number of hydrogen-bond acceptors (Lipinski definition) is 4. The van der Waals surface area contributed by atoms with Gasteiger partial charge in [0, 0.05) is 6.42 Å². The Morgan fingerprint density at radius 3 is 3.00 bits per heavy atom. The second kappa shape index (κ2) is 8.36. The molecule has 0 aliphatic heterocycles. The molecule has 3 N–H and O–H groups in total. The fraction of sp³-hybridized carbons (Fsp3) is 0.462. The first kappa shape index (κ1) is 14.3. The summed E-state index contributed by atoms with van der Waals surface area (Å²) in [5.41, 5.74) is 6.45. The fourth-order valence-electron chi connectivity index (χ4n) is 1.29. The molecule has 1 rings (SSSR count). The van der Waals surface area contributed by atoms with Crippen LogP contribution in [-0.2, 0) is 11.4 Å². The quantitative estimate of drug-likeness (QED) is 0.419. The van der Waals surface area contributed by atoms with Crippen molar-refractivity contribution in [3.05, 3.63) is 29.8 Å². The molecule has 0 unspecified atom stereocenters. The highest BCUT2D eigenvalue weighted by Crippen LogP contribution is 2.14. The van der Waals surface area contributed by atoms with E-state index >= 15 is 0 Å². The van der Waals surface area contributed by atoms with Crippen LogP contribution in [0.4, 0.5) is 0 Å². The van der Waals surface area contributed by atoms with Crippen LogP contribution in [0.25, 0.3) is 0 Å². The lowest BCUT2D eigenvalue weighted by atomic mass is 10.2. The van der Waals surface area contributed by atoms with Crippen LogP contribution in [-0.4, -0.2) is 24.2 Å². The smallest absolute Gasteiger partial charge is 0.142 e. The number of nitrogens with zero attached hydrogens (tertiary/aromatic N) is 1. The lowest BCUT2D eigenvalue weighted by molar-refractivity contribution is 0.128. The molecule has 0 heterocycles. The zero-order chi connectivity index (χ0) is 13.2. The number of aliphatic hydroxyl groups excluding tert-OH is 1. The van der Waals surface area contributed by atoms with E-state index in [0.29, 0.717) is 19.6 Å². The number of oxime groups is 1. The van der Waals surface area contributed by atoms with Crippen molar-refractivity contribution in [2.75, 3.05) is 13.2 Å². The van der Waals surface area contributed by atoms with Crippen LogP contribution < -0.4 is 10.5 Å². The van der Waals surface area contributed by atoms with Gasteiger partial charge in [-0.25, -0.2) is 0 Å². The predicted molar refractivity (Wildman–Crippen MR) is 70.3 cm³/mol. The molecule has 0 fully saturated rings. The molecule has 0 radical (unpaired) electrons. The van der Waals surface area contributed by atoms with Gasteiger partial charge in [0.05, 0.1) is 13.2 Å². The average molecular weight is 252 g/mol. The Morgan fingerprint density at radius 2 is 2.28 bits per heavy atom. The first-order valence-electron chi connectivity index (χ1n) is 6.03. The summed E-state index contributed by atoms with van der Waals surface area (Å²) < 4.78 is 5.51. The predicted octanol–water partition coefficient (Wildman–Crippen LogP) is 1.65. The average Bonchev–Trinajstić information content (AvgIpc) is 2.37. The van der Waals surface area contributed by atoms with Crippen molar-refractivity contribution in [2.45, 2.75) is 26.4 Å². The van der Waals surface area contributed by atoms with Crippen molar-refractivity contribution < 1.29 is 14.7 Å². The molecule has 0 bridgehead atoms. The number of aliphatic hydroxyl groups is 1. The van der Waals surface area contributed by atoms with Crippen LogP contribution in [0.3, 0.4) is 0 Å². The van der Waals surface area contributed by atoms with E-state index in [9.17, 15) is 0 Å². The summed E-state index contributed by atoms with van der Waals surface area (Å²) in [5.74, 6) is 1.11. The first-order chi connectivity index (χ1) is 8.76. The summed E-state index contributed by atoms with van der Waals surface area (Å²) in [6, 6.07) is 7.65. The van der Waals surface area contributed by atoms with E-state index in [0.717, 1.165) is 17.7 Å². The minimum absolute atomic E-state index is 0.0287. The molecule has 0 aromatic heterocycles. The van der Waals surface area contributed by atoms with Gasteiger partial charge >= 0.3 is 0 Å². The van der Waals surface area contributed by atoms with Crippen molar-refractivity contribution in [3.8, 4) is 5.75 Å². The van der Waals surface area contributed by atoms with Crippen molar-refractivity contribution in [1.82, 2.24) is 0 Å². The van der Waals surface area contributed by atoms with E-state index in [1.165, 1.54) is 0 Å². The molecular formula is C13H20N2O3. The zero-order valence-electron chi connectivity index (χ0n) is 10.6. The minimum atomic E-state index is -0.0287. The van der Waals surface area contributed by atoms with Gasteiger partial charge in [0.25, 0.3) is 0 Å². The van der Waals surface area contributed by atoms with E-state index in [2.05, 4.69) is 12.1 Å². The number of amidine groups is 1. The van der Waals surface area contributed by atoms with E-state index in [1.807, 2.05) is 24.3 Å². The van der Waals surface area contributed by atoms with Crippen LogP contribution in [0.1, 0.15) is 25.3 Å². The molecule has 0 aliphatic carbocycles. The second-order valence-corrected chi connectivity index (χ2v) is 3.83. The standard InChI is InChI=1S/C13H20N2O3/c1-2-8-17-12-5-3-4-11(9-12)10-18-15-13(14)6-7-16/h3-5,9,16H,2,6-8,10H2,1H3,(H2,14,15). The number of nitrogens with two attached hydrogens (primary N) is 1. The van der Waals surface area contributed by atoms with Gasteiger partial charge in [-0.3, -0.25) is 0 Å². The molecule has 0 spiro atoms. The summed E-state index contributed by atoms with van der Waals surface area (Å²) in [6.45, 7) is 3.06. The third-order valence-corrected chi connectivity index (χ3v) is 2.15. The first-order valence-corrected chi connectivity index (χ1v) is 6.03. The van der Waals surface area contributed by atoms with Crippen LogP contribution in [0, 0.1) is 0 Å². The number of ether oxygens (including phenoxy) is 1. The minimum Gasteiger partial charge on any atom is -0.494 e. The van der Waals surface area contributed by atoms with Gasteiger partial charge in [-0.15, -0.1) is 0 Å². The maximum atomic E-state index is 8.64. The summed E-state index contributed by atoms with van der Waals surface area (Å²) >= 11 is 0. The maximum Gasteiger partial charge on any atom is 0.142 e. The summed E-state index contributed by atoms with van der Waals surface area (Å²) in [6.07, 6.45) is 1.29. The highest BCUT2D eigenvalue weighted by Gasteiger charge is 1.98. The van der Waals surface area contributed by atoms with Gasteiger partial charge in [0.15, 0.2) is 0 Å². The normalized spacial score (nSPS) is 11.3. The number of benzene rings is 1. The lowest BCUT2D eigenvalue weighted by Gasteiger charge is -2.06. The van der Waals surface area contributed by atoms with E-state index in [1.54, 1.807) is 0 Å². The number of hydrogen-bond donors (Lipinski definition) is 2. The van der Waals surface area contributed by atoms with Gasteiger partial charge in [0.1, 0.15) is 18.2 Å². The van der Waals surface area contributed by atoms with Crippen LogP contribution in [0.5, 0.6) is 5.75 Å². The van der Waals surface area contributed by atoms with Gasteiger partial charge in [-0.2, -0.15) is 0 Å². The van der Waals surface area contributed by atoms with Crippen molar-refractivity contribution in [1.29, 1.82) is 0 Å².